The molecule has 2 aromatic heterocycles. The van der Waals surface area contributed by atoms with Crippen LogP contribution < -0.4 is 9.80 Å². The van der Waals surface area contributed by atoms with Crippen LogP contribution in [0.15, 0.2) is 30.5 Å². The van der Waals surface area contributed by atoms with Gasteiger partial charge in [-0.2, -0.15) is 15.0 Å². The van der Waals surface area contributed by atoms with Gasteiger partial charge in [0.25, 0.3) is 0 Å². The molecule has 1 radical (unpaired) electrons. The first-order chi connectivity index (χ1) is 18.6. The van der Waals surface area contributed by atoms with Crippen LogP contribution in [0.4, 0.5) is 11.9 Å². The Hall–Kier alpha value is -2.45. The van der Waals surface area contributed by atoms with Crippen LogP contribution in [0.1, 0.15) is 52.7 Å². The number of hydrogen-bond donors (Lipinski definition) is 0. The molecule has 6 rings (SSSR count). The normalized spacial score (nSPS) is 21.1. The first-order valence-corrected chi connectivity index (χ1v) is 14.0. The zero-order valence-electron chi connectivity index (χ0n) is 24.4. The van der Waals surface area contributed by atoms with Gasteiger partial charge in [-0.25, -0.2) is 0 Å². The van der Waals surface area contributed by atoms with Gasteiger partial charge in [-0.1, -0.05) is 53.7 Å². The summed E-state index contributed by atoms with van der Waals surface area (Å²) in [5, 5.41) is 0. The smallest absolute Gasteiger partial charge is 0.230 e. The van der Waals surface area contributed by atoms with E-state index in [0.29, 0.717) is 44.1 Å². The third-order valence-corrected chi connectivity index (χ3v) is 9.92. The van der Waals surface area contributed by atoms with Crippen LogP contribution in [0.2, 0.25) is 0 Å². The quantitative estimate of drug-likeness (QED) is 0.361. The molecule has 3 aromatic rings. The molecule has 0 atom stereocenters. The molecule has 3 aliphatic rings. The van der Waals surface area contributed by atoms with Crippen molar-refractivity contribution in [2.45, 2.75) is 52.4 Å². The Balaban J connectivity index is 0.00000323. The summed E-state index contributed by atoms with van der Waals surface area (Å²) >= 11 is 0. The number of ether oxygens (including phenoxy) is 2. The largest absolute Gasteiger partial charge is 0.378 e. The van der Waals surface area contributed by atoms with Crippen LogP contribution in [-0.2, 0) is 40.4 Å². The zero-order chi connectivity index (χ0) is 27.4. The first kappa shape index (κ1) is 29.1. The fourth-order valence-corrected chi connectivity index (χ4v) is 6.11. The minimum atomic E-state index is 0. The van der Waals surface area contributed by atoms with Crippen LogP contribution >= 0.6 is 0 Å². The van der Waals surface area contributed by atoms with Gasteiger partial charge in [0.1, 0.15) is 0 Å². The van der Waals surface area contributed by atoms with Gasteiger partial charge in [-0.15, -0.1) is 34.9 Å². The Morgan fingerprint density at radius 1 is 0.750 bits per heavy atom. The topological polar surface area (TPSA) is 76.5 Å². The predicted octanol–water partition coefficient (Wildman–Crippen LogP) is 4.67. The van der Waals surface area contributed by atoms with Crippen molar-refractivity contribution < 1.29 is 29.6 Å². The third kappa shape index (κ3) is 4.75. The van der Waals surface area contributed by atoms with E-state index in [0.717, 1.165) is 43.0 Å². The molecule has 8 nitrogen and oxygen atoms in total. The monoisotopic (exact) mass is 720 g/mol. The molecule has 1 aliphatic carbocycles. The minimum absolute atomic E-state index is 0. The first-order valence-electron chi connectivity index (χ1n) is 14.0. The van der Waals surface area contributed by atoms with Crippen molar-refractivity contribution in [1.82, 2.24) is 19.9 Å². The van der Waals surface area contributed by atoms with E-state index in [1.807, 2.05) is 6.20 Å². The number of benzene rings is 1. The van der Waals surface area contributed by atoms with Gasteiger partial charge in [-0.05, 0) is 21.9 Å². The molecule has 9 heteroatoms. The Bertz CT molecular complexity index is 1330. The van der Waals surface area contributed by atoms with E-state index in [1.54, 1.807) is 0 Å². The summed E-state index contributed by atoms with van der Waals surface area (Å²) in [4.78, 5) is 23.8. The fourth-order valence-electron chi connectivity index (χ4n) is 6.11. The van der Waals surface area contributed by atoms with E-state index in [-0.39, 0.29) is 36.4 Å². The van der Waals surface area contributed by atoms with E-state index in [2.05, 4.69) is 81.7 Å². The van der Waals surface area contributed by atoms with Crippen molar-refractivity contribution >= 4 is 11.9 Å². The number of nitrogens with zero attached hydrogens (tertiary/aromatic N) is 6. The molecule has 2 aliphatic heterocycles. The maximum Gasteiger partial charge on any atom is 0.230 e. The summed E-state index contributed by atoms with van der Waals surface area (Å²) in [5.74, 6) is 2.01. The molecule has 2 fully saturated rings. The van der Waals surface area contributed by atoms with Gasteiger partial charge in [0.15, 0.2) is 5.82 Å². The van der Waals surface area contributed by atoms with Crippen LogP contribution in [0.25, 0.3) is 22.6 Å². The van der Waals surface area contributed by atoms with Gasteiger partial charge in [0, 0.05) is 58.0 Å². The summed E-state index contributed by atoms with van der Waals surface area (Å²) in [7, 11) is 0. The third-order valence-electron chi connectivity index (χ3n) is 9.92. The molecule has 0 amide bonds. The number of anilines is 2. The summed E-state index contributed by atoms with van der Waals surface area (Å²) in [6.07, 6.45) is 1.87. The average Bonchev–Trinajstić information content (AvgIpc) is 3.07. The molecule has 0 N–H and O–H groups in total. The van der Waals surface area contributed by atoms with Gasteiger partial charge in [0.2, 0.25) is 11.9 Å². The van der Waals surface area contributed by atoms with E-state index in [1.165, 1.54) is 11.1 Å². The van der Waals surface area contributed by atoms with Gasteiger partial charge < -0.3 is 24.3 Å². The van der Waals surface area contributed by atoms with Gasteiger partial charge >= 0.3 is 0 Å². The van der Waals surface area contributed by atoms with Crippen LogP contribution in [0, 0.1) is 11.5 Å². The van der Waals surface area contributed by atoms with Crippen LogP contribution in [-0.4, -0.2) is 72.5 Å². The Labute approximate surface area is 251 Å². The van der Waals surface area contributed by atoms with Crippen LogP contribution in [0.5, 0.6) is 0 Å². The summed E-state index contributed by atoms with van der Waals surface area (Å²) < 4.78 is 11.1. The fraction of sp³-hybridized carbons (Fsp3) is 0.548. The van der Waals surface area contributed by atoms with Crippen molar-refractivity contribution in [3.63, 3.8) is 0 Å². The Morgan fingerprint density at radius 3 is 1.82 bits per heavy atom. The second-order valence-corrected chi connectivity index (χ2v) is 12.4. The molecule has 0 bridgehead atoms. The maximum absolute atomic E-state index is 5.55. The Morgan fingerprint density at radius 2 is 1.30 bits per heavy atom. The standard InChI is InChI=1S/C31H39N6O2.Ir/c1-29(2)23-9-7-21(19-24(23)30(3,4)31(29,5)6)25-10-8-22(20-32-25)26-33-27(36-11-15-38-16-12-36)35-28(34-26)37-13-17-39-18-14-37;/h8-10,19-20H,11-18H2,1-6H3;/q-1;. The second kappa shape index (κ2) is 10.7. The van der Waals surface area contributed by atoms with E-state index >= 15 is 0 Å². The van der Waals surface area contributed by atoms with Crippen molar-refractivity contribution in [1.29, 1.82) is 0 Å². The second-order valence-electron chi connectivity index (χ2n) is 12.4. The SMILES string of the molecule is CC1(C)c2c[c-]c(-c3ccc(-c4nc(N5CCOCC5)nc(N5CCOCC5)n4)cn3)cc2C(C)(C)C1(C)C.[Ir]. The maximum atomic E-state index is 5.55. The number of hydrogen-bond acceptors (Lipinski definition) is 8. The van der Waals surface area contributed by atoms with Crippen LogP contribution in [0.3, 0.4) is 0 Å². The zero-order valence-corrected chi connectivity index (χ0v) is 26.8. The Kier molecular flexibility index (Phi) is 7.81. The van der Waals surface area contributed by atoms with Crippen molar-refractivity contribution in [2.24, 2.45) is 5.41 Å². The number of fused-ring (bicyclic) bond motifs is 1. The summed E-state index contributed by atoms with van der Waals surface area (Å²) in [6.45, 7) is 19.9. The van der Waals surface area contributed by atoms with Gasteiger partial charge in [0.05, 0.1) is 26.4 Å². The predicted molar refractivity (Wildman–Crippen MR) is 153 cm³/mol. The molecule has 4 heterocycles. The molecule has 40 heavy (non-hydrogen) atoms. The van der Waals surface area contributed by atoms with Gasteiger partial charge in [-0.3, -0.25) is 0 Å². The van der Waals surface area contributed by atoms with Crippen molar-refractivity contribution in [3.05, 3.63) is 47.7 Å². The average molecular weight is 720 g/mol. The minimum Gasteiger partial charge on any atom is -0.378 e. The molecule has 0 saturated carbocycles. The van der Waals surface area contributed by atoms with Crippen molar-refractivity contribution in [3.8, 4) is 22.6 Å². The number of rotatable bonds is 4. The number of morpholine rings is 2. The molecule has 0 spiro atoms. The molecule has 0 unspecified atom stereocenters. The summed E-state index contributed by atoms with van der Waals surface area (Å²) in [6, 6.07) is 12.1. The molecule has 1 aromatic carbocycles. The molecule has 215 valence electrons. The number of aromatic nitrogens is 4. The number of pyridine rings is 1. The molecule has 2 saturated heterocycles. The van der Waals surface area contributed by atoms with E-state index in [4.69, 9.17) is 29.4 Å². The molecular weight excluding hydrogens is 681 g/mol. The summed E-state index contributed by atoms with van der Waals surface area (Å²) in [5.41, 5.74) is 5.76. The molecular formula is C31H39IrN6O2-. The van der Waals surface area contributed by atoms with E-state index < -0.39 is 0 Å². The van der Waals surface area contributed by atoms with Crippen molar-refractivity contribution in [2.75, 3.05) is 62.4 Å². The van der Waals surface area contributed by atoms with E-state index in [9.17, 15) is 0 Å².